The normalized spacial score (nSPS) is 22.2. The Morgan fingerprint density at radius 2 is 2.17 bits per heavy atom. The second-order valence-electron chi connectivity index (χ2n) is 3.55. The molecule has 66 valence electrons. The molecular weight excluding hydrogens is 168 g/mol. The lowest BCUT2D eigenvalue weighted by Gasteiger charge is -2.19. The quantitative estimate of drug-likeness (QED) is 0.643. The van der Waals surface area contributed by atoms with Gasteiger partial charge in [0.25, 0.3) is 0 Å². The summed E-state index contributed by atoms with van der Waals surface area (Å²) < 4.78 is 0.789. The van der Waals surface area contributed by atoms with Crippen LogP contribution in [0.2, 0.25) is 0 Å². The third-order valence-corrected chi connectivity index (χ3v) is 2.97. The fourth-order valence-electron chi connectivity index (χ4n) is 1.93. The first-order valence-corrected chi connectivity index (χ1v) is 5.00. The summed E-state index contributed by atoms with van der Waals surface area (Å²) in [6, 6.07) is 0. The van der Waals surface area contributed by atoms with Crippen LogP contribution >= 0.6 is 12.2 Å². The van der Waals surface area contributed by atoms with Gasteiger partial charge >= 0.3 is 0 Å². The number of aromatic nitrogens is 2. The van der Waals surface area contributed by atoms with Gasteiger partial charge in [0, 0.05) is 11.4 Å². The zero-order chi connectivity index (χ0) is 8.55. The number of rotatable bonds is 1. The third-order valence-electron chi connectivity index (χ3n) is 2.77. The molecule has 1 aromatic heterocycles. The molecule has 0 fully saturated rings. The van der Waals surface area contributed by atoms with Gasteiger partial charge in [-0.1, -0.05) is 13.3 Å². The minimum atomic E-state index is 0.789. The van der Waals surface area contributed by atoms with Crippen LogP contribution in [0.25, 0.3) is 0 Å². The first kappa shape index (κ1) is 8.05. The van der Waals surface area contributed by atoms with Gasteiger partial charge in [-0.3, -0.25) is 0 Å². The van der Waals surface area contributed by atoms with E-state index in [1.165, 1.54) is 37.1 Å². The van der Waals surface area contributed by atoms with Crippen LogP contribution in [0.5, 0.6) is 0 Å². The van der Waals surface area contributed by atoms with Gasteiger partial charge in [-0.15, -0.1) is 0 Å². The van der Waals surface area contributed by atoms with Crippen molar-refractivity contribution in [2.24, 2.45) is 5.92 Å². The third kappa shape index (κ3) is 1.33. The molecule has 1 atom stereocenters. The number of H-pyrrole nitrogens is 2. The van der Waals surface area contributed by atoms with E-state index in [0.29, 0.717) is 0 Å². The summed E-state index contributed by atoms with van der Waals surface area (Å²) in [6.45, 7) is 2.26. The molecule has 0 amide bonds. The van der Waals surface area contributed by atoms with Gasteiger partial charge in [-0.25, -0.2) is 0 Å². The Bertz CT molecular complexity index is 324. The highest BCUT2D eigenvalue weighted by molar-refractivity contribution is 7.71. The van der Waals surface area contributed by atoms with E-state index < -0.39 is 0 Å². The van der Waals surface area contributed by atoms with Crippen molar-refractivity contribution in [3.8, 4) is 0 Å². The summed E-state index contributed by atoms with van der Waals surface area (Å²) >= 11 is 5.04. The zero-order valence-electron chi connectivity index (χ0n) is 7.31. The lowest BCUT2D eigenvalue weighted by molar-refractivity contribution is 0.438. The number of hydrogen-bond acceptors (Lipinski definition) is 1. The van der Waals surface area contributed by atoms with Crippen molar-refractivity contribution in [3.63, 3.8) is 0 Å². The molecule has 3 heteroatoms. The lowest BCUT2D eigenvalue weighted by atomic mass is 9.88. The van der Waals surface area contributed by atoms with Gasteiger partial charge in [0.15, 0.2) is 4.77 Å². The first-order chi connectivity index (χ1) is 5.79. The van der Waals surface area contributed by atoms with E-state index in [4.69, 9.17) is 12.2 Å². The van der Waals surface area contributed by atoms with Crippen molar-refractivity contribution in [2.75, 3.05) is 0 Å². The Morgan fingerprint density at radius 1 is 1.42 bits per heavy atom. The number of aromatic amines is 2. The monoisotopic (exact) mass is 182 g/mol. The van der Waals surface area contributed by atoms with Gasteiger partial charge < -0.3 is 9.97 Å². The summed E-state index contributed by atoms with van der Waals surface area (Å²) in [5, 5.41) is 0. The molecule has 1 heterocycles. The summed E-state index contributed by atoms with van der Waals surface area (Å²) in [5.41, 5.74) is 2.68. The molecule has 0 saturated heterocycles. The maximum Gasteiger partial charge on any atom is 0.174 e. The summed E-state index contributed by atoms with van der Waals surface area (Å²) in [5.74, 6) is 0.860. The van der Waals surface area contributed by atoms with Crippen LogP contribution in [0.1, 0.15) is 31.2 Å². The predicted molar refractivity (Wildman–Crippen MR) is 51.8 cm³/mol. The number of hydrogen-bond donors (Lipinski definition) is 2. The Kier molecular flexibility index (Phi) is 2.05. The minimum absolute atomic E-state index is 0.789. The van der Waals surface area contributed by atoms with Crippen LogP contribution in [-0.4, -0.2) is 9.97 Å². The molecule has 1 aromatic rings. The predicted octanol–water partition coefficient (Wildman–Crippen LogP) is 2.59. The van der Waals surface area contributed by atoms with Crippen LogP contribution in [-0.2, 0) is 12.8 Å². The van der Waals surface area contributed by atoms with E-state index in [0.717, 1.165) is 10.7 Å². The van der Waals surface area contributed by atoms with E-state index in [2.05, 4.69) is 16.9 Å². The minimum Gasteiger partial charge on any atom is -0.334 e. The van der Waals surface area contributed by atoms with Crippen LogP contribution in [0.3, 0.4) is 0 Å². The van der Waals surface area contributed by atoms with E-state index in [1.54, 1.807) is 0 Å². The van der Waals surface area contributed by atoms with Crippen molar-refractivity contribution in [2.45, 2.75) is 32.6 Å². The molecule has 2 rings (SSSR count). The molecule has 0 spiro atoms. The number of imidazole rings is 1. The van der Waals surface area contributed by atoms with Crippen molar-refractivity contribution >= 4 is 12.2 Å². The number of nitrogens with one attached hydrogen (secondary N) is 2. The van der Waals surface area contributed by atoms with E-state index in [-0.39, 0.29) is 0 Å². The Balaban J connectivity index is 2.28. The van der Waals surface area contributed by atoms with Gasteiger partial charge in [0.2, 0.25) is 0 Å². The highest BCUT2D eigenvalue weighted by Gasteiger charge is 2.18. The molecule has 1 aliphatic carbocycles. The van der Waals surface area contributed by atoms with Crippen molar-refractivity contribution < 1.29 is 0 Å². The Morgan fingerprint density at radius 3 is 2.92 bits per heavy atom. The molecule has 2 nitrogen and oxygen atoms in total. The summed E-state index contributed by atoms with van der Waals surface area (Å²) in [7, 11) is 0. The molecule has 0 bridgehead atoms. The van der Waals surface area contributed by atoms with E-state index in [1.807, 2.05) is 0 Å². The summed E-state index contributed by atoms with van der Waals surface area (Å²) in [6.07, 6.45) is 4.94. The fraction of sp³-hybridized carbons (Fsp3) is 0.667. The molecule has 2 N–H and O–H groups in total. The second-order valence-corrected chi connectivity index (χ2v) is 3.96. The second kappa shape index (κ2) is 3.05. The average molecular weight is 182 g/mol. The molecule has 12 heavy (non-hydrogen) atoms. The molecule has 0 aromatic carbocycles. The molecule has 0 radical (unpaired) electrons. The SMILES string of the molecule is CCC1CCc2[nH]c(=S)[nH]c2C1. The fourth-order valence-corrected chi connectivity index (χ4v) is 2.18. The molecule has 1 unspecified atom stereocenters. The first-order valence-electron chi connectivity index (χ1n) is 4.59. The number of aryl methyl sites for hydroxylation is 1. The van der Waals surface area contributed by atoms with Crippen LogP contribution in [0.15, 0.2) is 0 Å². The summed E-state index contributed by atoms with van der Waals surface area (Å²) in [4.78, 5) is 6.42. The van der Waals surface area contributed by atoms with E-state index >= 15 is 0 Å². The van der Waals surface area contributed by atoms with E-state index in [9.17, 15) is 0 Å². The average Bonchev–Trinajstić information content (AvgIpc) is 2.43. The topological polar surface area (TPSA) is 31.6 Å². The van der Waals surface area contributed by atoms with Crippen molar-refractivity contribution in [1.82, 2.24) is 9.97 Å². The van der Waals surface area contributed by atoms with Gasteiger partial charge in [-0.2, -0.15) is 0 Å². The number of fused-ring (bicyclic) bond motifs is 1. The maximum atomic E-state index is 5.04. The zero-order valence-corrected chi connectivity index (χ0v) is 8.13. The molecular formula is C9H14N2S. The highest BCUT2D eigenvalue weighted by atomic mass is 32.1. The highest BCUT2D eigenvalue weighted by Crippen LogP contribution is 2.24. The largest absolute Gasteiger partial charge is 0.334 e. The van der Waals surface area contributed by atoms with Crippen molar-refractivity contribution in [3.05, 3.63) is 16.2 Å². The van der Waals surface area contributed by atoms with Gasteiger partial charge in [-0.05, 0) is 37.4 Å². The van der Waals surface area contributed by atoms with Crippen molar-refractivity contribution in [1.29, 1.82) is 0 Å². The van der Waals surface area contributed by atoms with Gasteiger partial charge in [0.05, 0.1) is 0 Å². The molecule has 0 saturated carbocycles. The smallest absolute Gasteiger partial charge is 0.174 e. The van der Waals surface area contributed by atoms with Gasteiger partial charge in [0.1, 0.15) is 0 Å². The Hall–Kier alpha value is -0.570. The molecule has 0 aliphatic heterocycles. The lowest BCUT2D eigenvalue weighted by Crippen LogP contribution is -2.12. The van der Waals surface area contributed by atoms with Crippen LogP contribution in [0, 0.1) is 10.7 Å². The standard InChI is InChI=1S/C9H14N2S/c1-2-6-3-4-7-8(5-6)11-9(12)10-7/h6H,2-5H2,1H3,(H2,10,11,12). The van der Waals surface area contributed by atoms with Crippen LogP contribution in [0.4, 0.5) is 0 Å². The Labute approximate surface area is 77.4 Å². The van der Waals surface area contributed by atoms with Crippen LogP contribution < -0.4 is 0 Å². The maximum absolute atomic E-state index is 5.04. The molecule has 1 aliphatic rings.